The van der Waals surface area contributed by atoms with Gasteiger partial charge in [-0.2, -0.15) is 13.2 Å². The number of hydrogen-bond acceptors (Lipinski definition) is 3. The van der Waals surface area contributed by atoms with E-state index in [1.807, 2.05) is 6.92 Å². The Morgan fingerprint density at radius 3 is 2.62 bits per heavy atom. The van der Waals surface area contributed by atoms with E-state index in [0.717, 1.165) is 0 Å². The number of alkyl halides is 3. The molecule has 2 nitrogen and oxygen atoms in total. The standard InChI is InChI=1S/C13H11BrF4N2S/c1-2-19-11(7-3-4-8(14)9(15)5-7)10-6-20-12(21-10)13(16,17)18/h3-6,11,19H,2H2,1H3. The summed E-state index contributed by atoms with van der Waals surface area (Å²) in [7, 11) is 0. The Kier molecular flexibility index (Phi) is 5.00. The number of nitrogens with zero attached hydrogens (tertiary/aromatic N) is 1. The van der Waals surface area contributed by atoms with E-state index in [1.165, 1.54) is 18.3 Å². The van der Waals surface area contributed by atoms with Crippen LogP contribution in [-0.4, -0.2) is 11.5 Å². The predicted octanol–water partition coefficient (Wildman–Crippen LogP) is 4.76. The first-order valence-corrected chi connectivity index (χ1v) is 7.65. The Balaban J connectivity index is 2.38. The lowest BCUT2D eigenvalue weighted by molar-refractivity contribution is -0.137. The molecule has 2 rings (SSSR count). The molecular weight excluding hydrogens is 372 g/mol. The molecule has 1 aromatic carbocycles. The predicted molar refractivity (Wildman–Crippen MR) is 76.7 cm³/mol. The van der Waals surface area contributed by atoms with Gasteiger partial charge in [0, 0.05) is 11.1 Å². The molecule has 0 aliphatic carbocycles. The second-order valence-electron chi connectivity index (χ2n) is 4.23. The molecule has 2 aromatic rings. The van der Waals surface area contributed by atoms with Gasteiger partial charge in [0.15, 0.2) is 5.01 Å². The van der Waals surface area contributed by atoms with Gasteiger partial charge in [-0.3, -0.25) is 0 Å². The zero-order chi connectivity index (χ0) is 15.6. The van der Waals surface area contributed by atoms with Gasteiger partial charge in [-0.1, -0.05) is 13.0 Å². The Labute approximate surface area is 131 Å². The monoisotopic (exact) mass is 382 g/mol. The minimum absolute atomic E-state index is 0.307. The van der Waals surface area contributed by atoms with Crippen molar-refractivity contribution in [1.82, 2.24) is 10.3 Å². The lowest BCUT2D eigenvalue weighted by Gasteiger charge is -2.17. The second-order valence-corrected chi connectivity index (χ2v) is 6.15. The van der Waals surface area contributed by atoms with Crippen LogP contribution in [-0.2, 0) is 6.18 Å². The molecular formula is C13H11BrF4N2S. The van der Waals surface area contributed by atoms with Crippen molar-refractivity contribution in [3.05, 3.63) is 50.1 Å². The molecule has 0 saturated heterocycles. The van der Waals surface area contributed by atoms with Crippen LogP contribution in [0.3, 0.4) is 0 Å². The van der Waals surface area contributed by atoms with E-state index in [9.17, 15) is 17.6 Å². The zero-order valence-corrected chi connectivity index (χ0v) is 13.2. The fraction of sp³-hybridized carbons (Fsp3) is 0.308. The molecule has 8 heteroatoms. The van der Waals surface area contributed by atoms with Crippen molar-refractivity contribution in [3.8, 4) is 0 Å². The van der Waals surface area contributed by atoms with E-state index in [2.05, 4.69) is 26.2 Å². The van der Waals surface area contributed by atoms with Crippen molar-refractivity contribution in [1.29, 1.82) is 0 Å². The van der Waals surface area contributed by atoms with E-state index in [4.69, 9.17) is 0 Å². The van der Waals surface area contributed by atoms with Crippen LogP contribution in [0, 0.1) is 5.82 Å². The van der Waals surface area contributed by atoms with Gasteiger partial charge in [0.05, 0.1) is 10.5 Å². The topological polar surface area (TPSA) is 24.9 Å². The number of thiazole rings is 1. The highest BCUT2D eigenvalue weighted by molar-refractivity contribution is 9.10. The fourth-order valence-electron chi connectivity index (χ4n) is 1.83. The summed E-state index contributed by atoms with van der Waals surface area (Å²) in [5, 5.41) is 2.14. The van der Waals surface area contributed by atoms with Crippen LogP contribution in [0.2, 0.25) is 0 Å². The van der Waals surface area contributed by atoms with E-state index in [1.54, 1.807) is 6.07 Å². The average molecular weight is 383 g/mol. The SMILES string of the molecule is CCNC(c1ccc(Br)c(F)c1)c1cnc(C(F)(F)F)s1. The third-order valence-electron chi connectivity index (χ3n) is 2.74. The highest BCUT2D eigenvalue weighted by Crippen LogP contribution is 2.36. The molecule has 1 atom stereocenters. The summed E-state index contributed by atoms with van der Waals surface area (Å²) >= 11 is 3.61. The summed E-state index contributed by atoms with van der Waals surface area (Å²) in [6.07, 6.45) is -3.29. The largest absolute Gasteiger partial charge is 0.443 e. The lowest BCUT2D eigenvalue weighted by Crippen LogP contribution is -2.21. The van der Waals surface area contributed by atoms with Gasteiger partial charge in [-0.25, -0.2) is 9.37 Å². The van der Waals surface area contributed by atoms with Crippen molar-refractivity contribution in [3.63, 3.8) is 0 Å². The van der Waals surface area contributed by atoms with Gasteiger partial charge in [-0.15, -0.1) is 11.3 Å². The number of nitrogens with one attached hydrogen (secondary N) is 1. The molecule has 0 aliphatic heterocycles. The molecule has 0 fully saturated rings. The average Bonchev–Trinajstić information content (AvgIpc) is 2.89. The highest BCUT2D eigenvalue weighted by atomic mass is 79.9. The summed E-state index contributed by atoms with van der Waals surface area (Å²) in [6.45, 7) is 2.36. The Hall–Kier alpha value is -0.990. The van der Waals surface area contributed by atoms with Gasteiger partial charge in [0.25, 0.3) is 0 Å². The molecule has 1 heterocycles. The van der Waals surface area contributed by atoms with Crippen LogP contribution < -0.4 is 5.32 Å². The number of aromatic nitrogens is 1. The maximum absolute atomic E-state index is 13.6. The molecule has 0 aliphatic rings. The maximum atomic E-state index is 13.6. The van der Waals surface area contributed by atoms with Crippen LogP contribution in [0.5, 0.6) is 0 Å². The molecule has 114 valence electrons. The molecule has 1 unspecified atom stereocenters. The molecule has 21 heavy (non-hydrogen) atoms. The van der Waals surface area contributed by atoms with Crippen molar-refractivity contribution < 1.29 is 17.6 Å². The van der Waals surface area contributed by atoms with Crippen LogP contribution >= 0.6 is 27.3 Å². The first kappa shape index (κ1) is 16.4. The van der Waals surface area contributed by atoms with Gasteiger partial charge in [-0.05, 0) is 40.2 Å². The fourth-order valence-corrected chi connectivity index (χ4v) is 2.96. The van der Waals surface area contributed by atoms with E-state index < -0.39 is 23.0 Å². The van der Waals surface area contributed by atoms with Crippen LogP contribution in [0.4, 0.5) is 17.6 Å². The summed E-state index contributed by atoms with van der Waals surface area (Å²) in [5.41, 5.74) is 0.551. The van der Waals surface area contributed by atoms with E-state index >= 15 is 0 Å². The molecule has 0 saturated carbocycles. The van der Waals surface area contributed by atoms with Gasteiger partial charge in [0.1, 0.15) is 5.82 Å². The molecule has 0 radical (unpaired) electrons. The first-order chi connectivity index (χ1) is 9.82. The summed E-state index contributed by atoms with van der Waals surface area (Å²) in [6, 6.07) is 3.96. The van der Waals surface area contributed by atoms with Gasteiger partial charge < -0.3 is 5.32 Å². The van der Waals surface area contributed by atoms with Crippen molar-refractivity contribution in [2.45, 2.75) is 19.1 Å². The second kappa shape index (κ2) is 6.41. The Bertz CT molecular complexity index is 627. The summed E-state index contributed by atoms with van der Waals surface area (Å²) in [4.78, 5) is 3.80. The van der Waals surface area contributed by atoms with Gasteiger partial charge in [0.2, 0.25) is 0 Å². The van der Waals surface area contributed by atoms with Crippen LogP contribution in [0.25, 0.3) is 0 Å². The molecule has 0 spiro atoms. The van der Waals surface area contributed by atoms with Crippen molar-refractivity contribution in [2.24, 2.45) is 0 Å². The number of hydrogen-bond donors (Lipinski definition) is 1. The highest BCUT2D eigenvalue weighted by Gasteiger charge is 2.35. The zero-order valence-electron chi connectivity index (χ0n) is 10.8. The van der Waals surface area contributed by atoms with Crippen LogP contribution in [0.1, 0.15) is 28.4 Å². The Morgan fingerprint density at radius 1 is 1.38 bits per heavy atom. The molecule has 1 N–H and O–H groups in total. The minimum Gasteiger partial charge on any atom is -0.306 e. The molecule has 0 bridgehead atoms. The smallest absolute Gasteiger partial charge is 0.306 e. The maximum Gasteiger partial charge on any atom is 0.443 e. The number of rotatable bonds is 4. The Morgan fingerprint density at radius 2 is 2.10 bits per heavy atom. The third-order valence-corrected chi connectivity index (χ3v) is 4.49. The van der Waals surface area contributed by atoms with E-state index in [0.29, 0.717) is 32.8 Å². The number of halogens is 5. The van der Waals surface area contributed by atoms with Crippen LogP contribution in [0.15, 0.2) is 28.9 Å². The van der Waals surface area contributed by atoms with Gasteiger partial charge >= 0.3 is 6.18 Å². The summed E-state index contributed by atoms with van der Waals surface area (Å²) in [5.74, 6) is -0.462. The number of benzene rings is 1. The van der Waals surface area contributed by atoms with E-state index in [-0.39, 0.29) is 0 Å². The van der Waals surface area contributed by atoms with Crippen molar-refractivity contribution >= 4 is 27.3 Å². The molecule has 1 aromatic heterocycles. The normalized spacial score (nSPS) is 13.4. The quantitative estimate of drug-likeness (QED) is 0.770. The summed E-state index contributed by atoms with van der Waals surface area (Å²) < 4.78 is 51.8. The lowest BCUT2D eigenvalue weighted by atomic mass is 10.1. The molecule has 0 amide bonds. The minimum atomic E-state index is -4.47. The first-order valence-electron chi connectivity index (χ1n) is 6.04. The van der Waals surface area contributed by atoms with Crippen molar-refractivity contribution in [2.75, 3.05) is 6.54 Å². The third kappa shape index (κ3) is 3.81.